The maximum atomic E-state index is 10.5. The first-order valence-corrected chi connectivity index (χ1v) is 6.23. The molecule has 0 amide bonds. The van der Waals surface area contributed by atoms with E-state index in [2.05, 4.69) is 6.92 Å². The first kappa shape index (κ1) is 15.1. The maximum Gasteiger partial charge on any atom is 0.327 e. The quantitative estimate of drug-likeness (QED) is 0.768. The summed E-state index contributed by atoms with van der Waals surface area (Å²) in [6.07, 6.45) is 4.49. The molecule has 4 nitrogen and oxygen atoms in total. The number of methoxy groups -OCH3 is 2. The predicted molar refractivity (Wildman–Crippen MR) is 74.0 cm³/mol. The zero-order chi connectivity index (χ0) is 14.3. The Hall–Kier alpha value is -1.97. The number of carboxylic acids is 1. The molecule has 0 spiro atoms. The summed E-state index contributed by atoms with van der Waals surface area (Å²) >= 11 is 0. The van der Waals surface area contributed by atoms with Crippen LogP contribution in [0.15, 0.2) is 30.4 Å². The van der Waals surface area contributed by atoms with Crippen LogP contribution in [0.2, 0.25) is 0 Å². The van der Waals surface area contributed by atoms with Gasteiger partial charge in [-0.3, -0.25) is 0 Å². The second-order valence-electron chi connectivity index (χ2n) is 4.20. The van der Waals surface area contributed by atoms with Gasteiger partial charge >= 0.3 is 5.97 Å². The monoisotopic (exact) mass is 264 g/mol. The molecular formula is C15H20O4. The van der Waals surface area contributed by atoms with E-state index in [1.165, 1.54) is 6.08 Å². The molecule has 0 aliphatic heterocycles. The lowest BCUT2D eigenvalue weighted by molar-refractivity contribution is -0.131. The van der Waals surface area contributed by atoms with Gasteiger partial charge in [0.1, 0.15) is 0 Å². The predicted octanol–water partition coefficient (Wildman–Crippen LogP) is 3.23. The number of allylic oxidation sites excluding steroid dienone is 1. The van der Waals surface area contributed by atoms with Gasteiger partial charge in [0.15, 0.2) is 11.5 Å². The Bertz CT molecular complexity index is 451. The van der Waals surface area contributed by atoms with Gasteiger partial charge in [-0.25, -0.2) is 4.79 Å². The van der Waals surface area contributed by atoms with E-state index in [1.54, 1.807) is 20.3 Å². The summed E-state index contributed by atoms with van der Waals surface area (Å²) < 4.78 is 10.5. The van der Waals surface area contributed by atoms with Crippen molar-refractivity contribution in [2.45, 2.75) is 25.7 Å². The number of benzene rings is 1. The zero-order valence-electron chi connectivity index (χ0n) is 11.6. The van der Waals surface area contributed by atoms with Crippen molar-refractivity contribution in [1.29, 1.82) is 0 Å². The van der Waals surface area contributed by atoms with E-state index in [0.29, 0.717) is 17.9 Å². The molecule has 0 aliphatic rings. The molecule has 104 valence electrons. The summed E-state index contributed by atoms with van der Waals surface area (Å²) in [5, 5.41) is 8.60. The fourth-order valence-electron chi connectivity index (χ4n) is 1.98. The summed E-state index contributed by atoms with van der Waals surface area (Å²) in [7, 11) is 3.21. The van der Waals surface area contributed by atoms with E-state index in [4.69, 9.17) is 14.6 Å². The summed E-state index contributed by atoms with van der Waals surface area (Å²) in [4.78, 5) is 10.5. The fraction of sp³-hybridized carbons (Fsp3) is 0.400. The van der Waals surface area contributed by atoms with Gasteiger partial charge in [-0.15, -0.1) is 0 Å². The molecule has 1 rings (SSSR count). The van der Waals surface area contributed by atoms with Gasteiger partial charge in [0.05, 0.1) is 14.2 Å². The van der Waals surface area contributed by atoms with E-state index < -0.39 is 5.97 Å². The Morgan fingerprint density at radius 1 is 1.32 bits per heavy atom. The van der Waals surface area contributed by atoms with Crippen molar-refractivity contribution in [3.63, 3.8) is 0 Å². The number of hydrogen-bond acceptors (Lipinski definition) is 3. The standard InChI is InChI=1S/C15H20O4/c1-4-11(6-5-7-15(16)17)12-8-9-13(18-2)14(10-12)19-3/h5,7-11H,4,6H2,1-3H3,(H,16,17). The number of ether oxygens (including phenoxy) is 2. The number of hydrogen-bond donors (Lipinski definition) is 1. The van der Waals surface area contributed by atoms with Crippen LogP contribution in [0.5, 0.6) is 11.5 Å². The Morgan fingerprint density at radius 3 is 2.53 bits per heavy atom. The molecule has 0 bridgehead atoms. The highest BCUT2D eigenvalue weighted by Gasteiger charge is 2.11. The molecule has 1 N–H and O–H groups in total. The molecule has 1 aromatic carbocycles. The molecule has 1 aromatic rings. The molecular weight excluding hydrogens is 244 g/mol. The highest BCUT2D eigenvalue weighted by atomic mass is 16.5. The first-order valence-electron chi connectivity index (χ1n) is 6.23. The van der Waals surface area contributed by atoms with Crippen LogP contribution in [0.3, 0.4) is 0 Å². The minimum absolute atomic E-state index is 0.274. The average Bonchev–Trinajstić information content (AvgIpc) is 2.42. The molecule has 19 heavy (non-hydrogen) atoms. The third-order valence-corrected chi connectivity index (χ3v) is 3.05. The van der Waals surface area contributed by atoms with Gasteiger partial charge in [0.2, 0.25) is 0 Å². The van der Waals surface area contributed by atoms with Crippen LogP contribution in [-0.2, 0) is 4.79 Å². The lowest BCUT2D eigenvalue weighted by atomic mass is 9.93. The Balaban J connectivity index is 2.89. The third kappa shape index (κ3) is 4.32. The normalized spacial score (nSPS) is 12.4. The lowest BCUT2D eigenvalue weighted by Gasteiger charge is -2.15. The van der Waals surface area contributed by atoms with Gasteiger partial charge in [0, 0.05) is 6.08 Å². The number of aliphatic carboxylic acids is 1. The SMILES string of the molecule is CCC(CC=CC(=O)O)c1ccc(OC)c(OC)c1. The van der Waals surface area contributed by atoms with Crippen molar-refractivity contribution in [2.24, 2.45) is 0 Å². The van der Waals surface area contributed by atoms with Crippen LogP contribution in [0.1, 0.15) is 31.2 Å². The second kappa shape index (κ2) is 7.46. The van der Waals surface area contributed by atoms with Crippen molar-refractivity contribution >= 4 is 5.97 Å². The van der Waals surface area contributed by atoms with Crippen molar-refractivity contribution in [2.75, 3.05) is 14.2 Å². The molecule has 0 saturated carbocycles. The van der Waals surface area contributed by atoms with Gasteiger partial charge < -0.3 is 14.6 Å². The van der Waals surface area contributed by atoms with Crippen LogP contribution in [0.4, 0.5) is 0 Å². The molecule has 1 atom stereocenters. The topological polar surface area (TPSA) is 55.8 Å². The molecule has 0 fully saturated rings. The van der Waals surface area contributed by atoms with Crippen LogP contribution in [-0.4, -0.2) is 25.3 Å². The minimum Gasteiger partial charge on any atom is -0.493 e. The van der Waals surface area contributed by atoms with Gasteiger partial charge in [-0.1, -0.05) is 19.1 Å². The minimum atomic E-state index is -0.915. The molecule has 0 aromatic heterocycles. The van der Waals surface area contributed by atoms with E-state index in [-0.39, 0.29) is 5.92 Å². The van der Waals surface area contributed by atoms with Crippen molar-refractivity contribution < 1.29 is 19.4 Å². The molecule has 0 aliphatic carbocycles. The summed E-state index contributed by atoms with van der Waals surface area (Å²) in [5.74, 6) is 0.750. The van der Waals surface area contributed by atoms with E-state index in [1.807, 2.05) is 18.2 Å². The van der Waals surface area contributed by atoms with Gasteiger partial charge in [-0.2, -0.15) is 0 Å². The number of carboxylic acid groups (broad SMARTS) is 1. The van der Waals surface area contributed by atoms with Crippen molar-refractivity contribution in [3.8, 4) is 11.5 Å². The molecule has 1 unspecified atom stereocenters. The largest absolute Gasteiger partial charge is 0.493 e. The van der Waals surface area contributed by atoms with Crippen molar-refractivity contribution in [1.82, 2.24) is 0 Å². The Morgan fingerprint density at radius 2 is 2.00 bits per heavy atom. The second-order valence-corrected chi connectivity index (χ2v) is 4.20. The first-order chi connectivity index (χ1) is 9.12. The van der Waals surface area contributed by atoms with Crippen LogP contribution < -0.4 is 9.47 Å². The molecule has 0 saturated heterocycles. The third-order valence-electron chi connectivity index (χ3n) is 3.05. The van der Waals surface area contributed by atoms with Crippen LogP contribution >= 0.6 is 0 Å². The average molecular weight is 264 g/mol. The molecule has 0 heterocycles. The van der Waals surface area contributed by atoms with Gasteiger partial charge in [0.25, 0.3) is 0 Å². The summed E-state index contributed by atoms with van der Waals surface area (Å²) in [6, 6.07) is 5.81. The molecule has 0 radical (unpaired) electrons. The van der Waals surface area contributed by atoms with Crippen LogP contribution in [0.25, 0.3) is 0 Å². The fourth-order valence-corrected chi connectivity index (χ4v) is 1.98. The van der Waals surface area contributed by atoms with Crippen molar-refractivity contribution in [3.05, 3.63) is 35.9 Å². The van der Waals surface area contributed by atoms with E-state index >= 15 is 0 Å². The van der Waals surface area contributed by atoms with E-state index in [9.17, 15) is 4.79 Å². The highest BCUT2D eigenvalue weighted by Crippen LogP contribution is 2.33. The lowest BCUT2D eigenvalue weighted by Crippen LogP contribution is -1.99. The van der Waals surface area contributed by atoms with Gasteiger partial charge in [-0.05, 0) is 36.5 Å². The summed E-state index contributed by atoms with van der Waals surface area (Å²) in [6.45, 7) is 2.08. The molecule has 4 heteroatoms. The summed E-state index contributed by atoms with van der Waals surface area (Å²) in [5.41, 5.74) is 1.12. The number of carbonyl (C=O) groups is 1. The number of rotatable bonds is 7. The van der Waals surface area contributed by atoms with E-state index in [0.717, 1.165) is 12.0 Å². The maximum absolute atomic E-state index is 10.5. The Labute approximate surface area is 113 Å². The smallest absolute Gasteiger partial charge is 0.327 e. The Kier molecular flexibility index (Phi) is 5.93. The van der Waals surface area contributed by atoms with Crippen LogP contribution in [0, 0.1) is 0 Å². The zero-order valence-corrected chi connectivity index (χ0v) is 11.6. The highest BCUT2D eigenvalue weighted by molar-refractivity contribution is 5.79.